The van der Waals surface area contributed by atoms with Crippen LogP contribution in [0.3, 0.4) is 0 Å². The smallest absolute Gasteiger partial charge is 0.305 e. The normalized spacial score (nSPS) is 12.5. The summed E-state index contributed by atoms with van der Waals surface area (Å²) >= 11 is 0. The van der Waals surface area contributed by atoms with Gasteiger partial charge in [-0.1, -0.05) is 55.4 Å². The van der Waals surface area contributed by atoms with E-state index >= 15 is 0 Å². The average Bonchev–Trinajstić information content (AvgIpc) is 2.36. The van der Waals surface area contributed by atoms with Crippen molar-refractivity contribution in [1.82, 2.24) is 0 Å². The maximum Gasteiger partial charge on any atom is 0.305 e. The lowest BCUT2D eigenvalue weighted by Crippen LogP contribution is -2.20. The van der Waals surface area contributed by atoms with Crippen molar-refractivity contribution in [2.45, 2.75) is 68.2 Å². The fourth-order valence-electron chi connectivity index (χ4n) is 1.47. The molecule has 0 aliphatic heterocycles. The predicted octanol–water partition coefficient (Wildman–Crippen LogP) is 3.26. The maximum atomic E-state index is 10.3. The number of carboxylic acid groups (broad SMARTS) is 2. The highest BCUT2D eigenvalue weighted by Gasteiger charge is 2.17. The largest absolute Gasteiger partial charge is 0.481 e. The second-order valence-corrected chi connectivity index (χ2v) is 8.44. The first-order chi connectivity index (χ1) is 10.6. The quantitative estimate of drug-likeness (QED) is 0.584. The van der Waals surface area contributed by atoms with E-state index in [0.717, 1.165) is 6.42 Å². The van der Waals surface area contributed by atoms with Crippen LogP contribution in [0.25, 0.3) is 0 Å². The first-order valence-corrected chi connectivity index (χ1v) is 8.24. The minimum Gasteiger partial charge on any atom is -0.481 e. The average molecular weight is 350 g/mol. The van der Waals surface area contributed by atoms with E-state index in [0.29, 0.717) is 0 Å². The molecule has 0 amide bonds. The maximum absolute atomic E-state index is 10.3. The van der Waals surface area contributed by atoms with Crippen LogP contribution in [0.2, 0.25) is 0 Å². The van der Waals surface area contributed by atoms with Crippen LogP contribution in [-0.2, 0) is 9.59 Å². The van der Waals surface area contributed by atoms with Gasteiger partial charge in [0.05, 0.1) is 19.1 Å². The van der Waals surface area contributed by atoms with Crippen LogP contribution in [0, 0.1) is 22.7 Å². The van der Waals surface area contributed by atoms with Crippen LogP contribution in [0.4, 0.5) is 0 Å². The molecule has 6 nitrogen and oxygen atoms in total. The Morgan fingerprint density at radius 2 is 1.21 bits per heavy atom. The number of hydrogen-bond acceptors (Lipinski definition) is 4. The molecule has 24 heavy (non-hydrogen) atoms. The molecule has 1 atom stereocenters. The highest BCUT2D eigenvalue weighted by molar-refractivity contribution is 5.68. The van der Waals surface area contributed by atoms with Crippen molar-refractivity contribution in [3.8, 4) is 0 Å². The van der Waals surface area contributed by atoms with E-state index in [1.165, 1.54) is 0 Å². The van der Waals surface area contributed by atoms with Gasteiger partial charge in [0.15, 0.2) is 0 Å². The van der Waals surface area contributed by atoms with Gasteiger partial charge in [0.2, 0.25) is 0 Å². The van der Waals surface area contributed by atoms with Crippen molar-refractivity contribution in [2.24, 2.45) is 22.7 Å². The van der Waals surface area contributed by atoms with Gasteiger partial charge in [-0.25, -0.2) is 0 Å². The summed E-state index contributed by atoms with van der Waals surface area (Å²) in [6, 6.07) is 0. The highest BCUT2D eigenvalue weighted by Crippen LogP contribution is 2.25. The van der Waals surface area contributed by atoms with E-state index in [2.05, 4.69) is 20.8 Å². The van der Waals surface area contributed by atoms with E-state index in [4.69, 9.17) is 20.4 Å². The fraction of sp³-hybridized carbons (Fsp3) is 0.889. The first-order valence-electron chi connectivity index (χ1n) is 8.24. The molecule has 0 rings (SSSR count). The molecule has 0 aliphatic rings. The van der Waals surface area contributed by atoms with Crippen LogP contribution in [-0.4, -0.2) is 45.6 Å². The molecular weight excluding hydrogens is 312 g/mol. The van der Waals surface area contributed by atoms with Gasteiger partial charge >= 0.3 is 11.9 Å². The Labute approximate surface area is 146 Å². The minimum atomic E-state index is -0.741. The van der Waals surface area contributed by atoms with E-state index in [1.54, 1.807) is 27.7 Å². The molecule has 0 saturated carbocycles. The summed E-state index contributed by atoms with van der Waals surface area (Å²) in [6.07, 6.45) is 1.26. The Kier molecular flexibility index (Phi) is 15.2. The molecule has 0 aromatic rings. The Morgan fingerprint density at radius 1 is 0.875 bits per heavy atom. The summed E-state index contributed by atoms with van der Waals surface area (Å²) in [6.45, 7) is 15.3. The van der Waals surface area contributed by atoms with Gasteiger partial charge in [-0.15, -0.1) is 0 Å². The van der Waals surface area contributed by atoms with Crippen molar-refractivity contribution in [3.63, 3.8) is 0 Å². The molecule has 0 aliphatic carbocycles. The van der Waals surface area contributed by atoms with Gasteiger partial charge in [0.1, 0.15) is 0 Å². The number of aliphatic hydroxyl groups excluding tert-OH is 2. The van der Waals surface area contributed by atoms with Gasteiger partial charge in [-0.2, -0.15) is 0 Å². The summed E-state index contributed by atoms with van der Waals surface area (Å²) in [5.74, 6) is -1.38. The zero-order chi connectivity index (χ0) is 20.1. The topological polar surface area (TPSA) is 115 Å². The van der Waals surface area contributed by atoms with Gasteiger partial charge in [-0.05, 0) is 17.8 Å². The van der Waals surface area contributed by atoms with E-state index in [-0.39, 0.29) is 42.3 Å². The van der Waals surface area contributed by atoms with Crippen molar-refractivity contribution in [1.29, 1.82) is 0 Å². The van der Waals surface area contributed by atoms with Crippen LogP contribution in [0.1, 0.15) is 68.2 Å². The zero-order valence-electron chi connectivity index (χ0n) is 16.6. The molecule has 0 bridgehead atoms. The van der Waals surface area contributed by atoms with Gasteiger partial charge in [-0.3, -0.25) is 9.59 Å². The number of hydrogen-bond donors (Lipinski definition) is 4. The third-order valence-corrected chi connectivity index (χ3v) is 2.83. The Bertz CT molecular complexity index is 336. The molecule has 146 valence electrons. The molecule has 0 aromatic carbocycles. The van der Waals surface area contributed by atoms with Crippen molar-refractivity contribution in [2.75, 3.05) is 13.2 Å². The molecule has 0 spiro atoms. The Morgan fingerprint density at radius 3 is 1.33 bits per heavy atom. The number of carboxylic acids is 2. The molecular formula is C18H38O6. The van der Waals surface area contributed by atoms with Crippen molar-refractivity contribution in [3.05, 3.63) is 0 Å². The van der Waals surface area contributed by atoms with Crippen molar-refractivity contribution < 1.29 is 30.0 Å². The van der Waals surface area contributed by atoms with Gasteiger partial charge < -0.3 is 20.4 Å². The number of aliphatic carboxylic acids is 2. The zero-order valence-corrected chi connectivity index (χ0v) is 16.6. The molecule has 0 fully saturated rings. The molecule has 6 heteroatoms. The summed E-state index contributed by atoms with van der Waals surface area (Å²) in [7, 11) is 0. The van der Waals surface area contributed by atoms with Crippen LogP contribution in [0.5, 0.6) is 0 Å². The van der Waals surface area contributed by atoms with Crippen LogP contribution >= 0.6 is 0 Å². The minimum absolute atomic E-state index is 0.0451. The standard InChI is InChI=1S/C9H18O2.C5H12O2.C4H8O2/c1-7(5-8(10)11)6-9(2,3)4;1-5(2,3-6)4-7;1-3(2)4(5)6/h7H,5-6H2,1-4H3,(H,10,11);6-7H,3-4H2,1-2H3;3H,1-2H3,(H,5,6). The first kappa shape index (κ1) is 27.7. The summed E-state index contributed by atoms with van der Waals surface area (Å²) in [5.41, 5.74) is -0.0606. The van der Waals surface area contributed by atoms with E-state index in [1.807, 2.05) is 6.92 Å². The second kappa shape index (κ2) is 13.2. The summed E-state index contributed by atoms with van der Waals surface area (Å²) < 4.78 is 0. The predicted molar refractivity (Wildman–Crippen MR) is 95.9 cm³/mol. The second-order valence-electron chi connectivity index (χ2n) is 8.44. The van der Waals surface area contributed by atoms with Crippen LogP contribution in [0.15, 0.2) is 0 Å². The third-order valence-electron chi connectivity index (χ3n) is 2.83. The SMILES string of the molecule is CC(C)(CO)CO.CC(C)C(=O)O.CC(CC(=O)O)CC(C)(C)C. The number of rotatable bonds is 6. The monoisotopic (exact) mass is 350 g/mol. The molecule has 4 N–H and O–H groups in total. The van der Waals surface area contributed by atoms with E-state index in [9.17, 15) is 9.59 Å². The summed E-state index contributed by atoms with van der Waals surface area (Å²) in [4.78, 5) is 20.0. The highest BCUT2D eigenvalue weighted by atomic mass is 16.4. The number of carbonyl (C=O) groups is 2. The van der Waals surface area contributed by atoms with Gasteiger partial charge in [0.25, 0.3) is 0 Å². The van der Waals surface area contributed by atoms with Crippen LogP contribution < -0.4 is 0 Å². The van der Waals surface area contributed by atoms with E-state index < -0.39 is 11.9 Å². The third kappa shape index (κ3) is 25.8. The summed E-state index contributed by atoms with van der Waals surface area (Å²) in [5, 5.41) is 33.3. The van der Waals surface area contributed by atoms with Crippen molar-refractivity contribution >= 4 is 11.9 Å². The Balaban J connectivity index is -0.000000294. The molecule has 1 unspecified atom stereocenters. The Hall–Kier alpha value is -1.14. The molecule has 0 radical (unpaired) electrons. The lowest BCUT2D eigenvalue weighted by atomic mass is 9.84. The molecule has 0 aromatic heterocycles. The van der Waals surface area contributed by atoms with Gasteiger partial charge in [0, 0.05) is 11.8 Å². The fourth-order valence-corrected chi connectivity index (χ4v) is 1.47. The lowest BCUT2D eigenvalue weighted by Gasteiger charge is -2.21. The lowest BCUT2D eigenvalue weighted by molar-refractivity contribution is -0.140. The molecule has 0 saturated heterocycles. The number of aliphatic hydroxyl groups is 2. The molecule has 0 heterocycles.